The minimum atomic E-state index is -0.0620. The molecule has 0 aromatic heterocycles. The highest BCUT2D eigenvalue weighted by atomic mass is 16.2. The van der Waals surface area contributed by atoms with Crippen LogP contribution in [-0.2, 0) is 0 Å². The van der Waals surface area contributed by atoms with E-state index < -0.39 is 0 Å². The largest absolute Gasteiger partial charge is 0.399 e. The second kappa shape index (κ2) is 7.02. The van der Waals surface area contributed by atoms with Gasteiger partial charge >= 0.3 is 6.03 Å². The summed E-state index contributed by atoms with van der Waals surface area (Å²) in [4.78, 5) is 14.1. The third-order valence-electron chi connectivity index (χ3n) is 2.60. The quantitative estimate of drug-likeness (QED) is 0.800. The fraction of sp³-hybridized carbons (Fsp3) is 0.533. The van der Waals surface area contributed by atoms with Crippen LogP contribution in [0.15, 0.2) is 24.3 Å². The van der Waals surface area contributed by atoms with Crippen LogP contribution in [0.4, 0.5) is 16.2 Å². The number of rotatable bonds is 5. The van der Waals surface area contributed by atoms with Crippen LogP contribution in [0, 0.1) is 11.8 Å². The molecule has 1 aromatic carbocycles. The fourth-order valence-electron chi connectivity index (χ4n) is 1.94. The lowest BCUT2D eigenvalue weighted by Crippen LogP contribution is -2.39. The molecule has 3 N–H and O–H groups in total. The SMILES string of the molecule is CC(C)CN(CC(C)C)C(=O)Nc1cccc(N)c1. The summed E-state index contributed by atoms with van der Waals surface area (Å²) in [5.74, 6) is 0.899. The predicted octanol–water partition coefficient (Wildman–Crippen LogP) is 3.41. The summed E-state index contributed by atoms with van der Waals surface area (Å²) in [6.07, 6.45) is 0. The number of hydrogen-bond donors (Lipinski definition) is 2. The highest BCUT2D eigenvalue weighted by Gasteiger charge is 2.16. The first-order valence-corrected chi connectivity index (χ1v) is 6.80. The lowest BCUT2D eigenvalue weighted by Gasteiger charge is -2.26. The summed E-state index contributed by atoms with van der Waals surface area (Å²) in [5.41, 5.74) is 7.10. The molecule has 0 unspecified atom stereocenters. The highest BCUT2D eigenvalue weighted by Crippen LogP contribution is 2.13. The Morgan fingerprint density at radius 1 is 1.21 bits per heavy atom. The summed E-state index contributed by atoms with van der Waals surface area (Å²) in [6, 6.07) is 7.18. The first-order chi connectivity index (χ1) is 8.88. The number of nitrogens with one attached hydrogen (secondary N) is 1. The first-order valence-electron chi connectivity index (χ1n) is 6.80. The average Bonchev–Trinajstić information content (AvgIpc) is 2.26. The molecule has 19 heavy (non-hydrogen) atoms. The molecule has 4 heteroatoms. The number of carbonyl (C=O) groups is 1. The molecule has 0 saturated carbocycles. The molecule has 0 radical (unpaired) electrons. The molecule has 0 aliphatic carbocycles. The number of anilines is 2. The van der Waals surface area contributed by atoms with Gasteiger partial charge in [0.1, 0.15) is 0 Å². The van der Waals surface area contributed by atoms with E-state index in [9.17, 15) is 4.79 Å². The zero-order valence-corrected chi connectivity index (χ0v) is 12.3. The van der Waals surface area contributed by atoms with E-state index in [1.165, 1.54) is 0 Å². The van der Waals surface area contributed by atoms with Gasteiger partial charge in [-0.05, 0) is 30.0 Å². The highest BCUT2D eigenvalue weighted by molar-refractivity contribution is 5.89. The van der Waals surface area contributed by atoms with Crippen LogP contribution in [0.2, 0.25) is 0 Å². The number of amides is 2. The van der Waals surface area contributed by atoms with Gasteiger partial charge in [0.2, 0.25) is 0 Å². The zero-order valence-electron chi connectivity index (χ0n) is 12.3. The summed E-state index contributed by atoms with van der Waals surface area (Å²) < 4.78 is 0. The van der Waals surface area contributed by atoms with E-state index in [0.717, 1.165) is 18.8 Å². The van der Waals surface area contributed by atoms with Crippen LogP contribution in [-0.4, -0.2) is 24.0 Å². The van der Waals surface area contributed by atoms with Crippen molar-refractivity contribution in [2.45, 2.75) is 27.7 Å². The molecule has 1 rings (SSSR count). The molecular weight excluding hydrogens is 238 g/mol. The molecule has 0 spiro atoms. The molecule has 2 amide bonds. The van der Waals surface area contributed by atoms with Gasteiger partial charge in [0.15, 0.2) is 0 Å². The number of benzene rings is 1. The maximum Gasteiger partial charge on any atom is 0.321 e. The van der Waals surface area contributed by atoms with Crippen molar-refractivity contribution in [2.24, 2.45) is 11.8 Å². The minimum absolute atomic E-state index is 0.0620. The van der Waals surface area contributed by atoms with Crippen LogP contribution < -0.4 is 11.1 Å². The van der Waals surface area contributed by atoms with E-state index in [1.807, 2.05) is 17.0 Å². The maximum atomic E-state index is 12.3. The Balaban J connectivity index is 2.70. The normalized spacial score (nSPS) is 10.8. The molecule has 0 atom stereocenters. The Hall–Kier alpha value is -1.71. The van der Waals surface area contributed by atoms with Gasteiger partial charge in [0, 0.05) is 24.5 Å². The zero-order chi connectivity index (χ0) is 14.4. The monoisotopic (exact) mass is 263 g/mol. The lowest BCUT2D eigenvalue weighted by atomic mass is 10.1. The molecule has 0 bridgehead atoms. The smallest absolute Gasteiger partial charge is 0.321 e. The van der Waals surface area contributed by atoms with Crippen LogP contribution in [0.25, 0.3) is 0 Å². The standard InChI is InChI=1S/C15H25N3O/c1-11(2)9-18(10-12(3)4)15(19)17-14-7-5-6-13(16)8-14/h5-8,11-12H,9-10,16H2,1-4H3,(H,17,19). The van der Waals surface area contributed by atoms with E-state index in [-0.39, 0.29) is 6.03 Å². The predicted molar refractivity (Wildman–Crippen MR) is 81.1 cm³/mol. The van der Waals surface area contributed by atoms with Crippen molar-refractivity contribution in [2.75, 3.05) is 24.1 Å². The van der Waals surface area contributed by atoms with Crippen molar-refractivity contribution in [1.29, 1.82) is 0 Å². The van der Waals surface area contributed by atoms with Crippen molar-refractivity contribution in [1.82, 2.24) is 4.90 Å². The number of urea groups is 1. The third kappa shape index (κ3) is 5.64. The Labute approximate surface area is 116 Å². The first kappa shape index (κ1) is 15.3. The fourth-order valence-corrected chi connectivity index (χ4v) is 1.94. The van der Waals surface area contributed by atoms with E-state index in [1.54, 1.807) is 12.1 Å². The molecule has 4 nitrogen and oxygen atoms in total. The van der Waals surface area contributed by atoms with Gasteiger partial charge in [-0.15, -0.1) is 0 Å². The molecular formula is C15H25N3O. The molecule has 0 aliphatic heterocycles. The van der Waals surface area contributed by atoms with Crippen LogP contribution in [0.1, 0.15) is 27.7 Å². The summed E-state index contributed by atoms with van der Waals surface area (Å²) >= 11 is 0. The van der Waals surface area contributed by atoms with Crippen molar-refractivity contribution >= 4 is 17.4 Å². The molecule has 0 saturated heterocycles. The van der Waals surface area contributed by atoms with Gasteiger partial charge in [-0.3, -0.25) is 0 Å². The number of hydrogen-bond acceptors (Lipinski definition) is 2. The van der Waals surface area contributed by atoms with E-state index in [4.69, 9.17) is 5.73 Å². The molecule has 0 fully saturated rings. The molecule has 0 aliphatic rings. The van der Waals surface area contributed by atoms with Crippen LogP contribution in [0.5, 0.6) is 0 Å². The van der Waals surface area contributed by atoms with Gasteiger partial charge in [0.25, 0.3) is 0 Å². The summed E-state index contributed by atoms with van der Waals surface area (Å²) in [6.45, 7) is 9.96. The van der Waals surface area contributed by atoms with Gasteiger partial charge in [-0.2, -0.15) is 0 Å². The van der Waals surface area contributed by atoms with E-state index in [0.29, 0.717) is 17.5 Å². The van der Waals surface area contributed by atoms with Crippen LogP contribution in [0.3, 0.4) is 0 Å². The second-order valence-electron chi connectivity index (χ2n) is 5.75. The number of carbonyl (C=O) groups excluding carboxylic acids is 1. The molecule has 106 valence electrons. The number of nitrogens with two attached hydrogens (primary N) is 1. The average molecular weight is 263 g/mol. The Kier molecular flexibility index (Phi) is 5.67. The molecule has 0 heterocycles. The van der Waals surface area contributed by atoms with Gasteiger partial charge in [-0.1, -0.05) is 33.8 Å². The number of nitrogen functional groups attached to an aromatic ring is 1. The maximum absolute atomic E-state index is 12.3. The second-order valence-corrected chi connectivity index (χ2v) is 5.75. The van der Waals surface area contributed by atoms with Crippen molar-refractivity contribution in [3.8, 4) is 0 Å². The van der Waals surface area contributed by atoms with E-state index >= 15 is 0 Å². The summed E-state index contributed by atoms with van der Waals surface area (Å²) in [7, 11) is 0. The van der Waals surface area contributed by atoms with Crippen molar-refractivity contribution < 1.29 is 4.79 Å². The van der Waals surface area contributed by atoms with Gasteiger partial charge in [-0.25, -0.2) is 4.79 Å². The summed E-state index contributed by atoms with van der Waals surface area (Å²) in [5, 5.41) is 2.90. The van der Waals surface area contributed by atoms with Crippen LogP contribution >= 0.6 is 0 Å². The minimum Gasteiger partial charge on any atom is -0.399 e. The van der Waals surface area contributed by atoms with Gasteiger partial charge < -0.3 is 16.0 Å². The molecule has 1 aromatic rings. The number of nitrogens with zero attached hydrogens (tertiary/aromatic N) is 1. The lowest BCUT2D eigenvalue weighted by molar-refractivity contribution is 0.196. The Morgan fingerprint density at radius 2 is 1.79 bits per heavy atom. The van der Waals surface area contributed by atoms with E-state index in [2.05, 4.69) is 33.0 Å². The van der Waals surface area contributed by atoms with Crippen molar-refractivity contribution in [3.05, 3.63) is 24.3 Å². The Bertz CT molecular complexity index is 406. The van der Waals surface area contributed by atoms with Crippen molar-refractivity contribution in [3.63, 3.8) is 0 Å². The Morgan fingerprint density at radius 3 is 2.26 bits per heavy atom. The topological polar surface area (TPSA) is 58.4 Å². The third-order valence-corrected chi connectivity index (χ3v) is 2.60. The van der Waals surface area contributed by atoms with Gasteiger partial charge in [0.05, 0.1) is 0 Å².